The lowest BCUT2D eigenvalue weighted by molar-refractivity contribution is 0.211. The maximum atomic E-state index is 14.0. The van der Waals surface area contributed by atoms with Gasteiger partial charge in [0.2, 0.25) is 0 Å². The number of nitrogens with one attached hydrogen (secondary N) is 1. The third-order valence-electron chi connectivity index (χ3n) is 6.79. The van der Waals surface area contributed by atoms with Crippen molar-refractivity contribution in [1.82, 2.24) is 20.1 Å². The van der Waals surface area contributed by atoms with Crippen molar-refractivity contribution in [2.75, 3.05) is 7.05 Å². The lowest BCUT2D eigenvalue weighted by Crippen LogP contribution is -2.46. The predicted molar refractivity (Wildman–Crippen MR) is 137 cm³/mol. The van der Waals surface area contributed by atoms with Crippen LogP contribution in [-0.2, 0) is 0 Å². The number of aryl methyl sites for hydroxylation is 2. The zero-order chi connectivity index (χ0) is 24.3. The molecule has 4 heterocycles. The average molecular weight is 451 g/mol. The van der Waals surface area contributed by atoms with E-state index in [0.717, 1.165) is 46.2 Å². The van der Waals surface area contributed by atoms with Gasteiger partial charge in [0.1, 0.15) is 5.83 Å². The molecule has 1 N–H and O–H groups in total. The molecule has 2 fully saturated rings. The summed E-state index contributed by atoms with van der Waals surface area (Å²) in [5.41, 5.74) is 6.21. The van der Waals surface area contributed by atoms with Gasteiger partial charge in [-0.3, -0.25) is 4.98 Å². The first-order valence-electron chi connectivity index (χ1n) is 11.9. The monoisotopic (exact) mass is 450 g/mol. The van der Waals surface area contributed by atoms with Crippen LogP contribution in [0.3, 0.4) is 0 Å². The van der Waals surface area contributed by atoms with Crippen LogP contribution in [0.5, 0.6) is 0 Å². The molecule has 3 aliphatic rings. The molecule has 0 saturated carbocycles. The zero-order valence-electron chi connectivity index (χ0n) is 21.1. The summed E-state index contributed by atoms with van der Waals surface area (Å²) in [6.45, 7) is 17.8. The Balaban J connectivity index is 0.000000203. The third-order valence-corrected chi connectivity index (χ3v) is 6.79. The molecule has 4 nitrogen and oxygen atoms in total. The highest BCUT2D eigenvalue weighted by molar-refractivity contribution is 5.75. The van der Waals surface area contributed by atoms with Gasteiger partial charge in [0, 0.05) is 54.5 Å². The smallest absolute Gasteiger partial charge is 0.147 e. The van der Waals surface area contributed by atoms with Crippen LogP contribution in [-0.4, -0.2) is 40.0 Å². The van der Waals surface area contributed by atoms with Crippen molar-refractivity contribution in [3.8, 4) is 0 Å². The van der Waals surface area contributed by atoms with E-state index in [2.05, 4.69) is 42.3 Å². The van der Waals surface area contributed by atoms with Crippen LogP contribution < -0.4 is 5.32 Å². The first-order valence-corrected chi connectivity index (χ1v) is 11.9. The molecule has 0 spiro atoms. The Bertz CT molecular complexity index is 987. The van der Waals surface area contributed by atoms with Crippen molar-refractivity contribution < 1.29 is 4.39 Å². The number of piperidine rings is 1. The van der Waals surface area contributed by atoms with Crippen LogP contribution in [0.4, 0.5) is 4.39 Å². The highest BCUT2D eigenvalue weighted by atomic mass is 19.1. The Kier molecular flexibility index (Phi) is 7.96. The fourth-order valence-corrected chi connectivity index (χ4v) is 4.59. The first-order chi connectivity index (χ1) is 15.5. The van der Waals surface area contributed by atoms with Gasteiger partial charge in [0.05, 0.1) is 11.4 Å². The van der Waals surface area contributed by atoms with E-state index in [4.69, 9.17) is 0 Å². The number of pyridine rings is 1. The summed E-state index contributed by atoms with van der Waals surface area (Å²) < 4.78 is 14.0. The van der Waals surface area contributed by atoms with Crippen LogP contribution in [0.15, 0.2) is 66.6 Å². The molecule has 2 saturated heterocycles. The molecule has 1 aromatic rings. The van der Waals surface area contributed by atoms with Crippen molar-refractivity contribution >= 4 is 5.57 Å². The number of nitrogens with zero attached hydrogens (tertiary/aromatic N) is 3. The Morgan fingerprint density at radius 2 is 1.82 bits per heavy atom. The summed E-state index contributed by atoms with van der Waals surface area (Å²) in [5, 5.41) is 3.66. The second-order valence-corrected chi connectivity index (χ2v) is 9.85. The summed E-state index contributed by atoms with van der Waals surface area (Å²) in [4.78, 5) is 8.57. The van der Waals surface area contributed by atoms with Crippen LogP contribution >= 0.6 is 0 Å². The van der Waals surface area contributed by atoms with Crippen molar-refractivity contribution in [2.24, 2.45) is 0 Å². The van der Waals surface area contributed by atoms with Gasteiger partial charge in [-0.15, -0.1) is 0 Å². The Hall–Kier alpha value is -2.66. The molecule has 0 amide bonds. The van der Waals surface area contributed by atoms with E-state index in [9.17, 15) is 4.39 Å². The second-order valence-electron chi connectivity index (χ2n) is 9.85. The number of hydrogen-bond acceptors (Lipinski definition) is 4. The number of fused-ring (bicyclic) bond motifs is 2. The van der Waals surface area contributed by atoms with Gasteiger partial charge < -0.3 is 15.1 Å². The Morgan fingerprint density at radius 3 is 2.36 bits per heavy atom. The second kappa shape index (κ2) is 10.5. The standard InChI is InChI=1S/C17H19FN2.C11H20N2/c1-11(2)9-20-10-15(8-16(18)14(20)5)17-7-6-12(3)13(4)19-17;1-8(2)13(3)11-6-9-4-5-10(7-11)12-9/h6-10H,5H2,1-4H3;9-12H,1,4-7H2,2-3H3. The van der Waals surface area contributed by atoms with E-state index in [-0.39, 0.29) is 5.83 Å². The summed E-state index contributed by atoms with van der Waals surface area (Å²) in [7, 11) is 2.18. The van der Waals surface area contributed by atoms with E-state index in [1.54, 1.807) is 4.90 Å². The lowest BCUT2D eigenvalue weighted by Gasteiger charge is -2.37. The van der Waals surface area contributed by atoms with Gasteiger partial charge in [-0.2, -0.15) is 0 Å². The first kappa shape index (κ1) is 25.0. The van der Waals surface area contributed by atoms with E-state index in [1.165, 1.54) is 37.5 Å². The van der Waals surface area contributed by atoms with Gasteiger partial charge in [0.15, 0.2) is 0 Å². The van der Waals surface area contributed by atoms with Crippen LogP contribution in [0, 0.1) is 13.8 Å². The molecule has 1 aromatic heterocycles. The van der Waals surface area contributed by atoms with Crippen molar-refractivity contribution in [3.05, 3.63) is 83.5 Å². The largest absolute Gasteiger partial charge is 0.375 e. The summed E-state index contributed by atoms with van der Waals surface area (Å²) >= 11 is 0. The van der Waals surface area contributed by atoms with Crippen LogP contribution in [0.2, 0.25) is 0 Å². The maximum Gasteiger partial charge on any atom is 0.147 e. The fraction of sp³-hybridized carbons (Fsp3) is 0.464. The number of aromatic nitrogens is 1. The minimum atomic E-state index is -0.333. The molecule has 0 aliphatic carbocycles. The highest BCUT2D eigenvalue weighted by Crippen LogP contribution is 2.31. The van der Waals surface area contributed by atoms with Gasteiger partial charge in [-0.25, -0.2) is 4.39 Å². The molecular formula is C28H39FN4. The van der Waals surface area contributed by atoms with Crippen molar-refractivity contribution in [2.45, 2.75) is 78.4 Å². The number of rotatable bonds is 4. The van der Waals surface area contributed by atoms with Gasteiger partial charge in [0.25, 0.3) is 0 Å². The maximum absolute atomic E-state index is 14.0. The van der Waals surface area contributed by atoms with E-state index in [1.807, 2.05) is 52.2 Å². The molecule has 178 valence electrons. The number of halogens is 1. The van der Waals surface area contributed by atoms with Gasteiger partial charge in [-0.05, 0) is 78.0 Å². The molecule has 0 aromatic carbocycles. The molecule has 4 rings (SSSR count). The normalized spacial score (nSPS) is 23.8. The fourth-order valence-electron chi connectivity index (χ4n) is 4.59. The number of hydrogen-bond donors (Lipinski definition) is 1. The summed E-state index contributed by atoms with van der Waals surface area (Å²) in [6, 6.07) is 6.21. The summed E-state index contributed by atoms with van der Waals surface area (Å²) in [5.74, 6) is -0.333. The van der Waals surface area contributed by atoms with Gasteiger partial charge in [-0.1, -0.05) is 24.8 Å². The molecular weight excluding hydrogens is 411 g/mol. The summed E-state index contributed by atoms with van der Waals surface area (Å²) in [6.07, 6.45) is 10.6. The van der Waals surface area contributed by atoms with E-state index in [0.29, 0.717) is 5.70 Å². The SMILES string of the molecule is C=C(C)N(C)C1CC2CCC(C1)N2.C=C1C(F)=CC(c2ccc(C)c(C)n2)=CN1C=C(C)C. The minimum absolute atomic E-state index is 0.333. The van der Waals surface area contributed by atoms with Gasteiger partial charge >= 0.3 is 0 Å². The lowest BCUT2D eigenvalue weighted by atomic mass is 9.98. The minimum Gasteiger partial charge on any atom is -0.375 e. The Morgan fingerprint density at radius 1 is 1.18 bits per heavy atom. The predicted octanol–water partition coefficient (Wildman–Crippen LogP) is 6.38. The van der Waals surface area contributed by atoms with E-state index >= 15 is 0 Å². The van der Waals surface area contributed by atoms with Crippen LogP contribution in [0.1, 0.15) is 63.4 Å². The molecule has 0 radical (unpaired) electrons. The highest BCUT2D eigenvalue weighted by Gasteiger charge is 2.34. The molecule has 33 heavy (non-hydrogen) atoms. The zero-order valence-corrected chi connectivity index (χ0v) is 21.1. The Labute approximate surface area is 199 Å². The molecule has 2 atom stereocenters. The van der Waals surface area contributed by atoms with E-state index < -0.39 is 0 Å². The molecule has 2 unspecified atom stereocenters. The molecule has 2 bridgehead atoms. The topological polar surface area (TPSA) is 31.4 Å². The van der Waals surface area contributed by atoms with Crippen molar-refractivity contribution in [1.29, 1.82) is 0 Å². The molecule has 3 aliphatic heterocycles. The molecule has 5 heteroatoms. The van der Waals surface area contributed by atoms with Crippen molar-refractivity contribution in [3.63, 3.8) is 0 Å². The number of allylic oxidation sites excluding steroid dienone is 5. The third kappa shape index (κ3) is 6.23. The average Bonchev–Trinajstić information content (AvgIpc) is 3.10. The van der Waals surface area contributed by atoms with Crippen LogP contribution in [0.25, 0.3) is 5.57 Å². The quantitative estimate of drug-likeness (QED) is 0.577.